The zero-order valence-electron chi connectivity index (χ0n) is 17.3. The van der Waals surface area contributed by atoms with E-state index >= 15 is 0 Å². The lowest BCUT2D eigenvalue weighted by Crippen LogP contribution is -2.32. The number of ketones is 1. The summed E-state index contributed by atoms with van der Waals surface area (Å²) in [6.45, 7) is 3.35. The van der Waals surface area contributed by atoms with Crippen LogP contribution in [-0.2, 0) is 14.3 Å². The van der Waals surface area contributed by atoms with Gasteiger partial charge in [-0.25, -0.2) is 0 Å². The highest BCUT2D eigenvalue weighted by molar-refractivity contribution is 7.10. The second kappa shape index (κ2) is 10.4. The number of amides is 1. The quantitative estimate of drug-likeness (QED) is 0.262. The van der Waals surface area contributed by atoms with Gasteiger partial charge in [0.1, 0.15) is 11.5 Å². The number of nitrogens with zero attached hydrogens (tertiary/aromatic N) is 1. The van der Waals surface area contributed by atoms with Gasteiger partial charge in [-0.3, -0.25) is 9.59 Å². The summed E-state index contributed by atoms with van der Waals surface area (Å²) in [7, 11) is 1.54. The molecule has 3 rings (SSSR count). The summed E-state index contributed by atoms with van der Waals surface area (Å²) >= 11 is 1.44. The Morgan fingerprint density at radius 3 is 2.53 bits per heavy atom. The number of methoxy groups -OCH3 is 1. The predicted octanol–water partition coefficient (Wildman–Crippen LogP) is 4.39. The molecule has 6 nitrogen and oxygen atoms in total. The number of thiophene rings is 1. The number of hydrogen-bond acceptors (Lipinski definition) is 6. The topological polar surface area (TPSA) is 76.1 Å². The van der Waals surface area contributed by atoms with Crippen molar-refractivity contribution in [1.29, 1.82) is 0 Å². The van der Waals surface area contributed by atoms with Gasteiger partial charge in [0.25, 0.3) is 11.7 Å². The molecule has 30 heavy (non-hydrogen) atoms. The van der Waals surface area contributed by atoms with Crippen LogP contribution in [-0.4, -0.2) is 48.6 Å². The molecule has 1 atom stereocenters. The Morgan fingerprint density at radius 1 is 1.13 bits per heavy atom. The Kier molecular flexibility index (Phi) is 7.65. The van der Waals surface area contributed by atoms with Crippen LogP contribution in [0.25, 0.3) is 5.76 Å². The number of carbonyl (C=O) groups is 2. The predicted molar refractivity (Wildman–Crippen MR) is 117 cm³/mol. The molecule has 1 fully saturated rings. The highest BCUT2D eigenvalue weighted by atomic mass is 32.1. The van der Waals surface area contributed by atoms with Gasteiger partial charge in [0, 0.05) is 24.1 Å². The molecule has 2 heterocycles. The molecule has 1 N–H and O–H groups in total. The highest BCUT2D eigenvalue weighted by Crippen LogP contribution is 2.41. The second-order valence-electron chi connectivity index (χ2n) is 7.08. The van der Waals surface area contributed by atoms with Crippen molar-refractivity contribution in [3.8, 4) is 5.75 Å². The van der Waals surface area contributed by atoms with Gasteiger partial charge in [-0.15, -0.1) is 11.3 Å². The van der Waals surface area contributed by atoms with E-state index in [-0.39, 0.29) is 17.9 Å². The van der Waals surface area contributed by atoms with E-state index in [1.165, 1.54) is 16.2 Å². The second-order valence-corrected chi connectivity index (χ2v) is 8.06. The Morgan fingerprint density at radius 2 is 1.90 bits per heavy atom. The van der Waals surface area contributed by atoms with Crippen molar-refractivity contribution in [2.24, 2.45) is 0 Å². The molecule has 0 bridgehead atoms. The van der Waals surface area contributed by atoms with Gasteiger partial charge < -0.3 is 19.5 Å². The fourth-order valence-corrected chi connectivity index (χ4v) is 4.29. The monoisotopic (exact) mass is 429 g/mol. The third-order valence-corrected chi connectivity index (χ3v) is 5.96. The summed E-state index contributed by atoms with van der Waals surface area (Å²) in [5, 5.41) is 12.9. The number of carbonyl (C=O) groups excluding carboxylic acids is 2. The normalized spacial score (nSPS) is 18.2. The molecule has 0 spiro atoms. The highest BCUT2D eigenvalue weighted by Gasteiger charge is 2.46. The fourth-order valence-electron chi connectivity index (χ4n) is 3.45. The minimum Gasteiger partial charge on any atom is -0.507 e. The number of aliphatic hydroxyl groups excluding tert-OH is 1. The Hall–Kier alpha value is -2.64. The van der Waals surface area contributed by atoms with Gasteiger partial charge in [-0.1, -0.05) is 25.8 Å². The van der Waals surface area contributed by atoms with Crippen LogP contribution in [0, 0.1) is 0 Å². The van der Waals surface area contributed by atoms with Crippen LogP contribution in [0.4, 0.5) is 0 Å². The van der Waals surface area contributed by atoms with Crippen molar-refractivity contribution >= 4 is 28.8 Å². The zero-order chi connectivity index (χ0) is 21.5. The lowest BCUT2D eigenvalue weighted by molar-refractivity contribution is -0.140. The summed E-state index contributed by atoms with van der Waals surface area (Å²) in [4.78, 5) is 27.7. The number of hydrogen-bond donors (Lipinski definition) is 1. The summed E-state index contributed by atoms with van der Waals surface area (Å²) < 4.78 is 10.8. The number of benzene rings is 1. The SMILES string of the molecule is CCCCCOc1ccc(/C(O)=C2/C(=O)C(=O)N(CCOC)C2c2cccs2)cc1. The summed E-state index contributed by atoms with van der Waals surface area (Å²) in [5.41, 5.74) is 0.581. The van der Waals surface area contributed by atoms with E-state index in [1.807, 2.05) is 17.5 Å². The van der Waals surface area contributed by atoms with Crippen molar-refractivity contribution in [2.45, 2.75) is 32.2 Å². The molecular formula is C23H27NO5S. The van der Waals surface area contributed by atoms with E-state index < -0.39 is 17.7 Å². The van der Waals surface area contributed by atoms with E-state index in [4.69, 9.17) is 9.47 Å². The molecule has 1 saturated heterocycles. The first-order valence-corrected chi connectivity index (χ1v) is 11.0. The molecule has 1 aromatic carbocycles. The third-order valence-electron chi connectivity index (χ3n) is 5.03. The largest absolute Gasteiger partial charge is 0.507 e. The van der Waals surface area contributed by atoms with E-state index in [1.54, 1.807) is 31.4 Å². The smallest absolute Gasteiger partial charge is 0.295 e. The van der Waals surface area contributed by atoms with Crippen LogP contribution in [0.1, 0.15) is 42.7 Å². The molecule has 2 aromatic rings. The van der Waals surface area contributed by atoms with E-state index in [0.29, 0.717) is 24.5 Å². The molecule has 0 aliphatic carbocycles. The summed E-state index contributed by atoms with van der Waals surface area (Å²) in [6, 6.07) is 10.1. The van der Waals surface area contributed by atoms with Crippen LogP contribution < -0.4 is 4.74 Å². The number of Topliss-reactive ketones (excluding diaryl/α,β-unsaturated/α-hetero) is 1. The van der Waals surface area contributed by atoms with Crippen molar-refractivity contribution in [2.75, 3.05) is 26.9 Å². The number of ether oxygens (including phenoxy) is 2. The lowest BCUT2D eigenvalue weighted by atomic mass is 10.00. The van der Waals surface area contributed by atoms with Crippen LogP contribution in [0.5, 0.6) is 5.75 Å². The first kappa shape index (κ1) is 22.1. The molecule has 1 unspecified atom stereocenters. The Balaban J connectivity index is 1.89. The van der Waals surface area contributed by atoms with E-state index in [2.05, 4.69) is 6.92 Å². The van der Waals surface area contributed by atoms with Crippen molar-refractivity contribution in [1.82, 2.24) is 4.90 Å². The summed E-state index contributed by atoms with van der Waals surface area (Å²) in [5.74, 6) is -0.771. The number of aliphatic hydroxyl groups is 1. The van der Waals surface area contributed by atoms with E-state index in [9.17, 15) is 14.7 Å². The average Bonchev–Trinajstić information content (AvgIpc) is 3.37. The van der Waals surface area contributed by atoms with Crippen LogP contribution in [0.3, 0.4) is 0 Å². The fraction of sp³-hybridized carbons (Fsp3) is 0.391. The number of unbranched alkanes of at least 4 members (excludes halogenated alkanes) is 2. The van der Waals surface area contributed by atoms with Gasteiger partial charge in [-0.2, -0.15) is 0 Å². The first-order valence-electron chi connectivity index (χ1n) is 10.1. The third kappa shape index (κ3) is 4.74. The standard InChI is InChI=1S/C23H27NO5S/c1-3-4-5-13-29-17-10-8-16(9-11-17)21(25)19-20(18-7-6-15-30-18)24(12-14-28-2)23(27)22(19)26/h6-11,15,20,25H,3-5,12-14H2,1-2H3/b21-19-. The van der Waals surface area contributed by atoms with Gasteiger partial charge in [0.15, 0.2) is 0 Å². The maximum atomic E-state index is 12.8. The molecule has 1 aliphatic rings. The minimum absolute atomic E-state index is 0.107. The van der Waals surface area contributed by atoms with Crippen molar-refractivity contribution < 1.29 is 24.2 Å². The average molecular weight is 430 g/mol. The van der Waals surface area contributed by atoms with Gasteiger partial charge in [-0.05, 0) is 42.1 Å². The molecule has 1 aromatic heterocycles. The number of rotatable bonds is 10. The van der Waals surface area contributed by atoms with Crippen LogP contribution >= 0.6 is 11.3 Å². The van der Waals surface area contributed by atoms with Gasteiger partial charge in [0.05, 0.1) is 24.8 Å². The zero-order valence-corrected chi connectivity index (χ0v) is 18.1. The maximum absolute atomic E-state index is 12.8. The van der Waals surface area contributed by atoms with Crippen LogP contribution in [0.2, 0.25) is 0 Å². The van der Waals surface area contributed by atoms with Gasteiger partial charge in [0.2, 0.25) is 0 Å². The minimum atomic E-state index is -0.679. The summed E-state index contributed by atoms with van der Waals surface area (Å²) in [6.07, 6.45) is 3.23. The molecule has 0 saturated carbocycles. The van der Waals surface area contributed by atoms with Crippen LogP contribution in [0.15, 0.2) is 47.4 Å². The molecule has 160 valence electrons. The lowest BCUT2D eigenvalue weighted by Gasteiger charge is -2.23. The van der Waals surface area contributed by atoms with Crippen molar-refractivity contribution in [3.63, 3.8) is 0 Å². The Labute approximate surface area is 180 Å². The van der Waals surface area contributed by atoms with E-state index in [0.717, 1.165) is 24.1 Å². The van der Waals surface area contributed by atoms with Crippen molar-refractivity contribution in [3.05, 3.63) is 57.8 Å². The molecule has 1 amide bonds. The molecule has 7 heteroatoms. The molecular weight excluding hydrogens is 402 g/mol. The Bertz CT molecular complexity index is 889. The number of likely N-dealkylation sites (tertiary alicyclic amines) is 1. The first-order chi connectivity index (χ1) is 14.6. The molecule has 0 radical (unpaired) electrons. The molecule has 1 aliphatic heterocycles. The van der Waals surface area contributed by atoms with Gasteiger partial charge >= 0.3 is 0 Å². The maximum Gasteiger partial charge on any atom is 0.295 e.